The number of carbonyl (C=O) groups is 1. The van der Waals surface area contributed by atoms with E-state index in [0.29, 0.717) is 12.5 Å². The van der Waals surface area contributed by atoms with E-state index in [9.17, 15) is 4.79 Å². The summed E-state index contributed by atoms with van der Waals surface area (Å²) in [6.45, 7) is 4.01. The molecule has 1 saturated heterocycles. The fraction of sp³-hybridized carbons (Fsp3) is 0.562. The van der Waals surface area contributed by atoms with Gasteiger partial charge in [0.2, 0.25) is 5.91 Å². The maximum absolute atomic E-state index is 12.7. The van der Waals surface area contributed by atoms with Crippen LogP contribution in [0.2, 0.25) is 0 Å². The molecule has 1 unspecified atom stereocenters. The summed E-state index contributed by atoms with van der Waals surface area (Å²) < 4.78 is 0. The molecule has 3 rings (SSSR count). The smallest absolute Gasteiger partial charge is 0.228 e. The van der Waals surface area contributed by atoms with Crippen LogP contribution in [0.15, 0.2) is 18.2 Å². The van der Waals surface area contributed by atoms with Crippen molar-refractivity contribution >= 4 is 23.4 Å². The Morgan fingerprint density at radius 1 is 1.50 bits per heavy atom. The quantitative estimate of drug-likeness (QED) is 0.907. The maximum Gasteiger partial charge on any atom is 0.228 e. The molecule has 1 fully saturated rings. The van der Waals surface area contributed by atoms with Crippen LogP contribution in [0.5, 0.6) is 0 Å². The summed E-state index contributed by atoms with van der Waals surface area (Å²) >= 11 is 1.95. The number of benzene rings is 1. The number of hydrogen-bond acceptors (Lipinski definition) is 3. The number of amides is 1. The zero-order valence-corrected chi connectivity index (χ0v) is 12.8. The van der Waals surface area contributed by atoms with E-state index in [1.165, 1.54) is 16.8 Å². The van der Waals surface area contributed by atoms with Crippen molar-refractivity contribution in [3.63, 3.8) is 0 Å². The normalized spacial score (nSPS) is 22.4. The number of hydrogen-bond donors (Lipinski definition) is 1. The van der Waals surface area contributed by atoms with Crippen LogP contribution in [-0.2, 0) is 11.2 Å². The van der Waals surface area contributed by atoms with Gasteiger partial charge in [-0.3, -0.25) is 4.79 Å². The molecule has 0 aliphatic carbocycles. The van der Waals surface area contributed by atoms with Gasteiger partial charge in [-0.05, 0) is 30.9 Å². The Labute approximate surface area is 125 Å². The molecule has 108 valence electrons. The van der Waals surface area contributed by atoms with Gasteiger partial charge in [-0.25, -0.2) is 0 Å². The summed E-state index contributed by atoms with van der Waals surface area (Å²) in [6, 6.07) is 6.72. The molecule has 2 aliphatic heterocycles. The number of anilines is 1. The Morgan fingerprint density at radius 2 is 2.40 bits per heavy atom. The summed E-state index contributed by atoms with van der Waals surface area (Å²) in [5.41, 5.74) is 3.73. The Morgan fingerprint density at radius 3 is 3.20 bits per heavy atom. The lowest BCUT2D eigenvalue weighted by atomic mass is 9.97. The SMILES string of the molecule is Cc1cccc2c1N(C(=O)CC1CSCCN1)CCC2. The zero-order valence-electron chi connectivity index (χ0n) is 12.0. The van der Waals surface area contributed by atoms with Crippen LogP contribution in [0.4, 0.5) is 5.69 Å². The predicted molar refractivity (Wildman–Crippen MR) is 85.6 cm³/mol. The minimum absolute atomic E-state index is 0.278. The average Bonchev–Trinajstić information content (AvgIpc) is 2.48. The number of carbonyl (C=O) groups excluding carboxylic acids is 1. The minimum Gasteiger partial charge on any atom is -0.312 e. The molecule has 1 aromatic carbocycles. The van der Waals surface area contributed by atoms with Crippen molar-refractivity contribution < 1.29 is 4.79 Å². The summed E-state index contributed by atoms with van der Waals surface area (Å²) in [4.78, 5) is 14.7. The number of fused-ring (bicyclic) bond motifs is 1. The molecule has 0 aromatic heterocycles. The molecular weight excluding hydrogens is 268 g/mol. The molecule has 20 heavy (non-hydrogen) atoms. The lowest BCUT2D eigenvalue weighted by Crippen LogP contribution is -2.44. The first-order valence-electron chi connectivity index (χ1n) is 7.45. The van der Waals surface area contributed by atoms with E-state index in [4.69, 9.17) is 0 Å². The van der Waals surface area contributed by atoms with Crippen LogP contribution in [0.25, 0.3) is 0 Å². The number of nitrogens with zero attached hydrogens (tertiary/aromatic N) is 1. The van der Waals surface area contributed by atoms with Gasteiger partial charge in [0.1, 0.15) is 0 Å². The highest BCUT2D eigenvalue weighted by Crippen LogP contribution is 2.31. The van der Waals surface area contributed by atoms with Crippen molar-refractivity contribution in [1.82, 2.24) is 5.32 Å². The van der Waals surface area contributed by atoms with E-state index in [1.807, 2.05) is 16.7 Å². The first-order chi connectivity index (χ1) is 9.75. The molecule has 4 heteroatoms. The van der Waals surface area contributed by atoms with E-state index in [0.717, 1.165) is 37.4 Å². The minimum atomic E-state index is 0.278. The lowest BCUT2D eigenvalue weighted by molar-refractivity contribution is -0.119. The van der Waals surface area contributed by atoms with Crippen LogP contribution in [0.3, 0.4) is 0 Å². The standard InChI is InChI=1S/C16H22N2OS/c1-12-4-2-5-13-6-3-8-18(16(12)13)15(19)10-14-11-20-9-7-17-14/h2,4-5,14,17H,3,6-11H2,1H3. The monoisotopic (exact) mass is 290 g/mol. The molecule has 1 amide bonds. The third-order valence-electron chi connectivity index (χ3n) is 4.14. The molecular formula is C16H22N2OS. The number of aryl methyl sites for hydroxylation is 2. The van der Waals surface area contributed by atoms with Crippen LogP contribution in [0.1, 0.15) is 24.0 Å². The number of rotatable bonds is 2. The Hall–Kier alpha value is -1.000. The molecule has 2 heterocycles. The van der Waals surface area contributed by atoms with Gasteiger partial charge in [0.05, 0.1) is 0 Å². The number of nitrogens with one attached hydrogen (secondary N) is 1. The van der Waals surface area contributed by atoms with Crippen molar-refractivity contribution in [2.45, 2.75) is 32.2 Å². The molecule has 1 aromatic rings. The second kappa shape index (κ2) is 6.19. The Bertz CT molecular complexity index is 497. The second-order valence-corrected chi connectivity index (χ2v) is 6.81. The molecule has 1 N–H and O–H groups in total. The third kappa shape index (κ3) is 2.86. The number of thioether (sulfide) groups is 1. The predicted octanol–water partition coefficient (Wildman–Crippen LogP) is 2.37. The first kappa shape index (κ1) is 14.0. The Balaban J connectivity index is 1.76. The number of para-hydroxylation sites is 1. The van der Waals surface area contributed by atoms with Gasteiger partial charge in [-0.15, -0.1) is 0 Å². The van der Waals surface area contributed by atoms with Gasteiger partial charge in [0.15, 0.2) is 0 Å². The van der Waals surface area contributed by atoms with Crippen LogP contribution in [0, 0.1) is 6.92 Å². The van der Waals surface area contributed by atoms with E-state index in [1.54, 1.807) is 0 Å². The molecule has 2 aliphatic rings. The van der Waals surface area contributed by atoms with Crippen molar-refractivity contribution in [1.29, 1.82) is 0 Å². The molecule has 1 atom stereocenters. The van der Waals surface area contributed by atoms with Crippen LogP contribution >= 0.6 is 11.8 Å². The van der Waals surface area contributed by atoms with Crippen molar-refractivity contribution in [2.75, 3.05) is 29.5 Å². The van der Waals surface area contributed by atoms with E-state index in [2.05, 4.69) is 30.4 Å². The van der Waals surface area contributed by atoms with Crippen LogP contribution in [-0.4, -0.2) is 36.5 Å². The van der Waals surface area contributed by atoms with Crippen molar-refractivity contribution in [3.8, 4) is 0 Å². The molecule has 0 saturated carbocycles. The largest absolute Gasteiger partial charge is 0.312 e. The fourth-order valence-electron chi connectivity index (χ4n) is 3.17. The first-order valence-corrected chi connectivity index (χ1v) is 8.61. The van der Waals surface area contributed by atoms with E-state index in [-0.39, 0.29) is 5.91 Å². The van der Waals surface area contributed by atoms with E-state index >= 15 is 0 Å². The summed E-state index contributed by atoms with van der Waals surface area (Å²) in [7, 11) is 0. The van der Waals surface area contributed by atoms with E-state index < -0.39 is 0 Å². The lowest BCUT2D eigenvalue weighted by Gasteiger charge is -2.33. The Kier molecular flexibility index (Phi) is 4.32. The zero-order chi connectivity index (χ0) is 13.9. The summed E-state index contributed by atoms with van der Waals surface area (Å²) in [5.74, 6) is 2.50. The highest BCUT2D eigenvalue weighted by atomic mass is 32.2. The highest BCUT2D eigenvalue weighted by Gasteiger charge is 2.26. The summed E-state index contributed by atoms with van der Waals surface area (Å²) in [5, 5.41) is 3.46. The fourth-order valence-corrected chi connectivity index (χ4v) is 4.12. The summed E-state index contributed by atoms with van der Waals surface area (Å²) in [6.07, 6.45) is 2.80. The van der Waals surface area contributed by atoms with Gasteiger partial charge in [-0.2, -0.15) is 11.8 Å². The maximum atomic E-state index is 12.7. The molecule has 0 bridgehead atoms. The molecule has 3 nitrogen and oxygen atoms in total. The van der Waals surface area contributed by atoms with Gasteiger partial charge < -0.3 is 10.2 Å². The van der Waals surface area contributed by atoms with Crippen molar-refractivity contribution in [3.05, 3.63) is 29.3 Å². The van der Waals surface area contributed by atoms with Gasteiger partial charge in [0.25, 0.3) is 0 Å². The van der Waals surface area contributed by atoms with Gasteiger partial charge in [0, 0.05) is 42.7 Å². The van der Waals surface area contributed by atoms with Gasteiger partial charge >= 0.3 is 0 Å². The highest BCUT2D eigenvalue weighted by molar-refractivity contribution is 7.99. The molecule has 0 radical (unpaired) electrons. The average molecular weight is 290 g/mol. The van der Waals surface area contributed by atoms with Crippen molar-refractivity contribution in [2.24, 2.45) is 0 Å². The molecule has 0 spiro atoms. The third-order valence-corrected chi connectivity index (χ3v) is 5.27. The van der Waals surface area contributed by atoms with Crippen LogP contribution < -0.4 is 10.2 Å². The second-order valence-electron chi connectivity index (χ2n) is 5.66. The topological polar surface area (TPSA) is 32.3 Å². The van der Waals surface area contributed by atoms with Gasteiger partial charge in [-0.1, -0.05) is 18.2 Å².